The van der Waals surface area contributed by atoms with Gasteiger partial charge in [-0.2, -0.15) is 13.2 Å². The van der Waals surface area contributed by atoms with Gasteiger partial charge in [0.2, 0.25) is 5.43 Å². The summed E-state index contributed by atoms with van der Waals surface area (Å²) in [7, 11) is 0. The molecule has 0 atom stereocenters. The number of pyridine rings is 1. The number of carbonyl (C=O) groups is 1. The number of para-hydroxylation sites is 1. The zero-order valence-electron chi connectivity index (χ0n) is 16.5. The van der Waals surface area contributed by atoms with Crippen molar-refractivity contribution in [3.05, 3.63) is 70.0 Å². The van der Waals surface area contributed by atoms with Crippen molar-refractivity contribution >= 4 is 28.2 Å². The van der Waals surface area contributed by atoms with E-state index in [2.05, 4.69) is 15.2 Å². The van der Waals surface area contributed by atoms with Gasteiger partial charge in [0.25, 0.3) is 5.91 Å². The maximum absolute atomic E-state index is 13.8. The summed E-state index contributed by atoms with van der Waals surface area (Å²) in [5.74, 6) is -0.883. The molecule has 2 bridgehead atoms. The number of anilines is 2. The third-order valence-corrected chi connectivity index (χ3v) is 6.34. The van der Waals surface area contributed by atoms with Crippen molar-refractivity contribution in [3.8, 4) is 0 Å². The van der Waals surface area contributed by atoms with Gasteiger partial charge in [0.15, 0.2) is 0 Å². The minimum Gasteiger partial charge on any atom is -0.366 e. The van der Waals surface area contributed by atoms with Crippen LogP contribution in [-0.4, -0.2) is 23.0 Å². The number of H-pyrrole nitrogens is 1. The fourth-order valence-corrected chi connectivity index (χ4v) is 4.90. The van der Waals surface area contributed by atoms with E-state index in [1.54, 1.807) is 30.3 Å². The number of rotatable bonds is 3. The van der Waals surface area contributed by atoms with E-state index in [0.29, 0.717) is 16.6 Å². The number of nitrogens with one attached hydrogen (secondary N) is 2. The molecule has 5 rings (SSSR count). The molecule has 1 aromatic heterocycles. The van der Waals surface area contributed by atoms with Gasteiger partial charge in [0.05, 0.1) is 11.3 Å². The lowest BCUT2D eigenvalue weighted by Gasteiger charge is -2.26. The first-order chi connectivity index (χ1) is 14.8. The van der Waals surface area contributed by atoms with Crippen LogP contribution in [0.2, 0.25) is 0 Å². The van der Waals surface area contributed by atoms with Crippen molar-refractivity contribution in [1.82, 2.24) is 4.98 Å². The van der Waals surface area contributed by atoms with Crippen molar-refractivity contribution in [2.45, 2.75) is 43.9 Å². The maximum Gasteiger partial charge on any atom is 0.418 e. The average molecular weight is 427 g/mol. The van der Waals surface area contributed by atoms with E-state index >= 15 is 0 Å². The van der Waals surface area contributed by atoms with Crippen LogP contribution < -0.4 is 15.6 Å². The van der Waals surface area contributed by atoms with Gasteiger partial charge in [-0.05, 0) is 56.0 Å². The van der Waals surface area contributed by atoms with Crippen molar-refractivity contribution in [1.29, 1.82) is 0 Å². The molecule has 0 aliphatic carbocycles. The average Bonchev–Trinajstić information content (AvgIpc) is 3.34. The summed E-state index contributed by atoms with van der Waals surface area (Å²) < 4.78 is 41.5. The van der Waals surface area contributed by atoms with Gasteiger partial charge in [-0.1, -0.05) is 12.1 Å². The molecule has 3 aromatic rings. The third kappa shape index (κ3) is 3.36. The number of alkyl halides is 3. The second-order valence-electron chi connectivity index (χ2n) is 8.13. The smallest absolute Gasteiger partial charge is 0.366 e. The monoisotopic (exact) mass is 427 g/mol. The molecule has 0 spiro atoms. The molecule has 0 saturated carbocycles. The van der Waals surface area contributed by atoms with E-state index in [1.807, 2.05) is 0 Å². The topological polar surface area (TPSA) is 65.2 Å². The largest absolute Gasteiger partial charge is 0.418 e. The summed E-state index contributed by atoms with van der Waals surface area (Å²) in [4.78, 5) is 30.3. The van der Waals surface area contributed by atoms with Gasteiger partial charge in [0.1, 0.15) is 5.56 Å². The highest BCUT2D eigenvalue weighted by atomic mass is 19.4. The molecule has 31 heavy (non-hydrogen) atoms. The molecule has 160 valence electrons. The van der Waals surface area contributed by atoms with E-state index in [4.69, 9.17) is 0 Å². The first-order valence-corrected chi connectivity index (χ1v) is 10.2. The van der Waals surface area contributed by atoms with E-state index in [9.17, 15) is 22.8 Å². The zero-order chi connectivity index (χ0) is 21.8. The summed E-state index contributed by atoms with van der Waals surface area (Å²) in [5.41, 5.74) is -0.982. The molecule has 2 aliphatic heterocycles. The van der Waals surface area contributed by atoms with Crippen LogP contribution in [-0.2, 0) is 6.18 Å². The summed E-state index contributed by atoms with van der Waals surface area (Å²) in [5, 5.41) is 2.59. The highest BCUT2D eigenvalue weighted by molar-refractivity contribution is 6.06. The lowest BCUT2D eigenvalue weighted by atomic mass is 10.0. The quantitative estimate of drug-likeness (QED) is 0.623. The van der Waals surface area contributed by atoms with E-state index in [1.165, 1.54) is 12.3 Å². The Kier molecular flexibility index (Phi) is 4.53. The van der Waals surface area contributed by atoms with E-state index in [0.717, 1.165) is 31.7 Å². The van der Waals surface area contributed by atoms with Crippen molar-refractivity contribution < 1.29 is 18.0 Å². The normalized spacial score (nSPS) is 20.4. The Bertz CT molecular complexity index is 1210. The Morgan fingerprint density at radius 3 is 2.39 bits per heavy atom. The van der Waals surface area contributed by atoms with Gasteiger partial charge in [-0.3, -0.25) is 9.59 Å². The molecule has 0 unspecified atom stereocenters. The Balaban J connectivity index is 1.49. The SMILES string of the molecule is O=C(Nc1ccc(N2C3CCC2CC3)cc1C(F)(F)F)c1c[nH]c2ccccc2c1=O. The summed E-state index contributed by atoms with van der Waals surface area (Å²) in [6.07, 6.45) is 0.561. The molecule has 1 amide bonds. The number of aromatic nitrogens is 1. The Hall–Kier alpha value is -3.29. The van der Waals surface area contributed by atoms with Crippen molar-refractivity contribution in [2.75, 3.05) is 10.2 Å². The Morgan fingerprint density at radius 2 is 1.71 bits per heavy atom. The standard InChI is InChI=1S/C23H20F3N3O2/c24-23(25,26)18-11-15(29-13-5-6-14(29)8-7-13)9-10-20(18)28-22(31)17-12-27-19-4-2-1-3-16(19)21(17)30/h1-4,9-14H,5-8H2,(H,27,30)(H,28,31). The first kappa shape index (κ1) is 19.7. The van der Waals surface area contributed by atoms with Crippen LogP contribution in [0.5, 0.6) is 0 Å². The van der Waals surface area contributed by atoms with Gasteiger partial charge in [-0.25, -0.2) is 0 Å². The summed E-state index contributed by atoms with van der Waals surface area (Å²) in [6, 6.07) is 11.2. The second kappa shape index (κ2) is 7.14. The van der Waals surface area contributed by atoms with Crippen LogP contribution in [0.15, 0.2) is 53.5 Å². The highest BCUT2D eigenvalue weighted by Gasteiger charge is 2.41. The number of hydrogen-bond acceptors (Lipinski definition) is 3. The molecule has 3 heterocycles. The predicted molar refractivity (Wildman–Crippen MR) is 112 cm³/mol. The minimum absolute atomic E-state index is 0.242. The molecule has 5 nitrogen and oxygen atoms in total. The van der Waals surface area contributed by atoms with E-state index in [-0.39, 0.29) is 23.3 Å². The van der Waals surface area contributed by atoms with Gasteiger partial charge < -0.3 is 15.2 Å². The van der Waals surface area contributed by atoms with E-state index < -0.39 is 23.1 Å². The molecular weight excluding hydrogens is 407 g/mol. The van der Waals surface area contributed by atoms with Crippen LogP contribution in [0.4, 0.5) is 24.5 Å². The number of halogens is 3. The van der Waals surface area contributed by atoms with Gasteiger partial charge in [-0.15, -0.1) is 0 Å². The molecule has 2 aliphatic rings. The second-order valence-corrected chi connectivity index (χ2v) is 8.13. The molecule has 2 aromatic carbocycles. The lowest BCUT2D eigenvalue weighted by Crippen LogP contribution is -2.28. The molecular formula is C23H20F3N3O2. The number of aromatic amines is 1. The minimum atomic E-state index is -4.65. The molecule has 2 saturated heterocycles. The van der Waals surface area contributed by atoms with Crippen molar-refractivity contribution in [3.63, 3.8) is 0 Å². The number of benzene rings is 2. The number of hydrogen-bond donors (Lipinski definition) is 2. The molecule has 0 radical (unpaired) electrons. The van der Waals surface area contributed by atoms with Crippen LogP contribution in [0.3, 0.4) is 0 Å². The van der Waals surface area contributed by atoms with Crippen LogP contribution in [0, 0.1) is 0 Å². The Labute approximate surface area is 175 Å². The molecule has 2 N–H and O–H groups in total. The van der Waals surface area contributed by atoms with Gasteiger partial charge in [0, 0.05) is 34.9 Å². The predicted octanol–water partition coefficient (Wildman–Crippen LogP) is 4.93. The van der Waals surface area contributed by atoms with Gasteiger partial charge >= 0.3 is 6.18 Å². The number of carbonyl (C=O) groups excluding carboxylic acids is 1. The number of nitrogens with zero attached hydrogens (tertiary/aromatic N) is 1. The molecule has 2 fully saturated rings. The van der Waals surface area contributed by atoms with Crippen LogP contribution >= 0.6 is 0 Å². The fraction of sp³-hybridized carbons (Fsp3) is 0.304. The van der Waals surface area contributed by atoms with Crippen LogP contribution in [0.25, 0.3) is 10.9 Å². The number of fused-ring (bicyclic) bond motifs is 3. The van der Waals surface area contributed by atoms with Crippen LogP contribution in [0.1, 0.15) is 41.6 Å². The fourth-order valence-electron chi connectivity index (χ4n) is 4.90. The molecule has 8 heteroatoms. The summed E-state index contributed by atoms with van der Waals surface area (Å²) >= 11 is 0. The zero-order valence-corrected chi connectivity index (χ0v) is 16.5. The maximum atomic E-state index is 13.8. The highest BCUT2D eigenvalue weighted by Crippen LogP contribution is 2.44. The first-order valence-electron chi connectivity index (χ1n) is 10.2. The third-order valence-electron chi connectivity index (χ3n) is 6.34. The number of amides is 1. The lowest BCUT2D eigenvalue weighted by molar-refractivity contribution is -0.136. The summed E-state index contributed by atoms with van der Waals surface area (Å²) in [6.45, 7) is 0. The van der Waals surface area contributed by atoms with Crippen molar-refractivity contribution in [2.24, 2.45) is 0 Å². The Morgan fingerprint density at radius 1 is 1.03 bits per heavy atom.